The first-order valence-corrected chi connectivity index (χ1v) is 10.4. The van der Waals surface area contributed by atoms with Crippen molar-refractivity contribution in [2.75, 3.05) is 13.1 Å². The number of hydrogen-bond acceptors (Lipinski definition) is 6. The van der Waals surface area contributed by atoms with E-state index in [-0.39, 0.29) is 17.6 Å². The van der Waals surface area contributed by atoms with Crippen LogP contribution in [0.15, 0.2) is 53.9 Å². The lowest BCUT2D eigenvalue weighted by atomic mass is 10.2. The molecule has 0 spiro atoms. The average Bonchev–Trinajstić information content (AvgIpc) is 3.17. The smallest absolute Gasteiger partial charge is 0.251 e. The van der Waals surface area contributed by atoms with Gasteiger partial charge in [-0.3, -0.25) is 9.59 Å². The maximum Gasteiger partial charge on any atom is 0.251 e. The topological polar surface area (TPSA) is 101 Å². The fourth-order valence-corrected chi connectivity index (χ4v) is 3.30. The van der Waals surface area contributed by atoms with Gasteiger partial charge in [-0.2, -0.15) is 0 Å². The Hall–Kier alpha value is -3.39. The summed E-state index contributed by atoms with van der Waals surface area (Å²) < 4.78 is 5.71. The minimum atomic E-state index is -0.266. The third kappa shape index (κ3) is 6.31. The van der Waals surface area contributed by atoms with Gasteiger partial charge in [0.25, 0.3) is 11.8 Å². The Kier molecular flexibility index (Phi) is 7.40. The van der Waals surface area contributed by atoms with E-state index < -0.39 is 0 Å². The third-order valence-electron chi connectivity index (χ3n) is 4.18. The third-order valence-corrected chi connectivity index (χ3v) is 5.00. The van der Waals surface area contributed by atoms with Crippen LogP contribution in [-0.4, -0.2) is 35.0 Å². The van der Waals surface area contributed by atoms with Crippen LogP contribution < -0.4 is 15.4 Å². The van der Waals surface area contributed by atoms with Crippen molar-refractivity contribution in [2.45, 2.75) is 20.0 Å². The number of aromatic nitrogens is 1. The summed E-state index contributed by atoms with van der Waals surface area (Å²) in [4.78, 5) is 28.7. The molecule has 0 aliphatic heterocycles. The first kappa shape index (κ1) is 21.3. The molecular weight excluding hydrogens is 402 g/mol. The molecule has 3 N–H and O–H groups in total. The molecule has 0 aliphatic rings. The minimum Gasteiger partial charge on any atom is -0.508 e. The summed E-state index contributed by atoms with van der Waals surface area (Å²) in [5.41, 5.74) is 1.76. The number of benzene rings is 2. The maximum atomic E-state index is 12.3. The van der Waals surface area contributed by atoms with Gasteiger partial charge in [-0.05, 0) is 49.7 Å². The van der Waals surface area contributed by atoms with Gasteiger partial charge in [0, 0.05) is 29.6 Å². The Morgan fingerprint density at radius 1 is 1.03 bits per heavy atom. The van der Waals surface area contributed by atoms with Crippen LogP contribution in [0.1, 0.15) is 37.8 Å². The molecule has 0 saturated heterocycles. The number of phenols is 1. The highest BCUT2D eigenvalue weighted by atomic mass is 32.1. The molecule has 0 saturated carbocycles. The molecule has 0 unspecified atom stereocenters. The second-order valence-corrected chi connectivity index (χ2v) is 7.65. The zero-order chi connectivity index (χ0) is 21.3. The van der Waals surface area contributed by atoms with Crippen LogP contribution in [0.5, 0.6) is 11.5 Å². The predicted octanol–water partition coefficient (Wildman–Crippen LogP) is 3.29. The van der Waals surface area contributed by atoms with Gasteiger partial charge in [-0.25, -0.2) is 4.98 Å². The maximum absolute atomic E-state index is 12.3. The van der Waals surface area contributed by atoms with Crippen LogP contribution in [-0.2, 0) is 6.61 Å². The number of hydrogen-bond donors (Lipinski definition) is 3. The van der Waals surface area contributed by atoms with Crippen molar-refractivity contribution in [2.24, 2.45) is 0 Å². The standard InChI is InChI=1S/C22H23N3O4S/c1-15-25-18(14-30-15)13-29-20-8-3-6-17(12-20)22(28)24-10-4-9-23-21(27)16-5-2-7-19(26)11-16/h2-3,5-8,11-12,14,26H,4,9-10,13H2,1H3,(H,23,27)(H,24,28). The summed E-state index contributed by atoms with van der Waals surface area (Å²) in [5, 5.41) is 17.9. The van der Waals surface area contributed by atoms with E-state index in [2.05, 4.69) is 15.6 Å². The van der Waals surface area contributed by atoms with Gasteiger partial charge in [-0.15, -0.1) is 11.3 Å². The SMILES string of the molecule is Cc1nc(COc2cccc(C(=O)NCCCNC(=O)c3cccc(O)c3)c2)cs1. The molecule has 0 atom stereocenters. The highest BCUT2D eigenvalue weighted by Gasteiger charge is 2.08. The van der Waals surface area contributed by atoms with Crippen LogP contribution in [0.3, 0.4) is 0 Å². The molecule has 156 valence electrons. The molecule has 30 heavy (non-hydrogen) atoms. The van der Waals surface area contributed by atoms with Crippen molar-refractivity contribution < 1.29 is 19.4 Å². The van der Waals surface area contributed by atoms with Crippen molar-refractivity contribution >= 4 is 23.2 Å². The number of nitrogens with one attached hydrogen (secondary N) is 2. The molecule has 0 bridgehead atoms. The number of ether oxygens (including phenoxy) is 1. The zero-order valence-electron chi connectivity index (χ0n) is 16.6. The molecule has 8 heteroatoms. The van der Waals surface area contributed by atoms with E-state index in [9.17, 15) is 14.7 Å². The number of amides is 2. The molecule has 3 aromatic rings. The van der Waals surface area contributed by atoms with Gasteiger partial charge < -0.3 is 20.5 Å². The van der Waals surface area contributed by atoms with E-state index in [0.29, 0.717) is 43.0 Å². The number of rotatable bonds is 9. The molecule has 3 rings (SSSR count). The highest BCUT2D eigenvalue weighted by Crippen LogP contribution is 2.16. The van der Waals surface area contributed by atoms with Crippen molar-refractivity contribution in [3.63, 3.8) is 0 Å². The molecular formula is C22H23N3O4S. The molecule has 7 nitrogen and oxygen atoms in total. The second-order valence-electron chi connectivity index (χ2n) is 6.59. The predicted molar refractivity (Wildman–Crippen MR) is 115 cm³/mol. The van der Waals surface area contributed by atoms with Gasteiger partial charge in [0.15, 0.2) is 0 Å². The number of phenolic OH excluding ortho intramolecular Hbond substituents is 1. The van der Waals surface area contributed by atoms with E-state index in [0.717, 1.165) is 10.7 Å². The van der Waals surface area contributed by atoms with Gasteiger partial charge >= 0.3 is 0 Å². The summed E-state index contributed by atoms with van der Waals surface area (Å²) in [6.07, 6.45) is 0.579. The molecule has 2 amide bonds. The number of carbonyl (C=O) groups excluding carboxylic acids is 2. The van der Waals surface area contributed by atoms with E-state index >= 15 is 0 Å². The second kappa shape index (κ2) is 10.4. The summed E-state index contributed by atoms with van der Waals surface area (Å²) in [6.45, 7) is 3.12. The van der Waals surface area contributed by atoms with Crippen LogP contribution >= 0.6 is 11.3 Å². The van der Waals surface area contributed by atoms with Crippen LogP contribution in [0.4, 0.5) is 0 Å². The van der Waals surface area contributed by atoms with Crippen molar-refractivity contribution in [3.8, 4) is 11.5 Å². The molecule has 0 fully saturated rings. The number of carbonyl (C=O) groups is 2. The Balaban J connectivity index is 1.40. The zero-order valence-corrected chi connectivity index (χ0v) is 17.4. The van der Waals surface area contributed by atoms with Gasteiger partial charge in [0.05, 0.1) is 10.7 Å². The Morgan fingerprint density at radius 2 is 1.70 bits per heavy atom. The monoisotopic (exact) mass is 425 g/mol. The van der Waals surface area contributed by atoms with E-state index in [1.165, 1.54) is 12.1 Å². The Labute approximate surface area is 178 Å². The largest absolute Gasteiger partial charge is 0.508 e. The fourth-order valence-electron chi connectivity index (χ4n) is 2.70. The van der Waals surface area contributed by atoms with E-state index in [4.69, 9.17) is 4.74 Å². The summed E-state index contributed by atoms with van der Waals surface area (Å²) in [5.74, 6) is 0.177. The van der Waals surface area contributed by atoms with Crippen LogP contribution in [0.25, 0.3) is 0 Å². The van der Waals surface area contributed by atoms with Crippen LogP contribution in [0, 0.1) is 6.92 Å². The lowest BCUT2D eigenvalue weighted by Gasteiger charge is -2.09. The highest BCUT2D eigenvalue weighted by molar-refractivity contribution is 7.09. The summed E-state index contributed by atoms with van der Waals surface area (Å²) >= 11 is 1.57. The average molecular weight is 426 g/mol. The quantitative estimate of drug-likeness (QED) is 0.457. The van der Waals surface area contributed by atoms with Crippen molar-refractivity contribution in [3.05, 3.63) is 75.7 Å². The van der Waals surface area contributed by atoms with Crippen molar-refractivity contribution in [1.29, 1.82) is 0 Å². The Morgan fingerprint density at radius 3 is 2.33 bits per heavy atom. The number of aromatic hydroxyl groups is 1. The Bertz CT molecular complexity index is 1020. The molecule has 2 aromatic carbocycles. The number of aryl methyl sites for hydroxylation is 1. The molecule has 0 aliphatic carbocycles. The van der Waals surface area contributed by atoms with Crippen molar-refractivity contribution in [1.82, 2.24) is 15.6 Å². The summed E-state index contributed by atoms with van der Waals surface area (Å²) in [6, 6.07) is 13.1. The minimum absolute atomic E-state index is 0.0443. The normalized spacial score (nSPS) is 10.4. The summed E-state index contributed by atoms with van der Waals surface area (Å²) in [7, 11) is 0. The van der Waals surface area contributed by atoms with Gasteiger partial charge in [0.2, 0.25) is 0 Å². The van der Waals surface area contributed by atoms with Crippen LogP contribution in [0.2, 0.25) is 0 Å². The molecule has 1 heterocycles. The van der Waals surface area contributed by atoms with Gasteiger partial charge in [-0.1, -0.05) is 12.1 Å². The van der Waals surface area contributed by atoms with E-state index in [1.54, 1.807) is 47.7 Å². The molecule has 1 aromatic heterocycles. The molecule has 0 radical (unpaired) electrons. The van der Waals surface area contributed by atoms with E-state index in [1.807, 2.05) is 12.3 Å². The fraction of sp³-hybridized carbons (Fsp3) is 0.227. The first-order chi connectivity index (χ1) is 14.5. The van der Waals surface area contributed by atoms with Gasteiger partial charge in [0.1, 0.15) is 18.1 Å². The number of nitrogens with zero attached hydrogens (tertiary/aromatic N) is 1. The number of thiazole rings is 1. The lowest BCUT2D eigenvalue weighted by molar-refractivity contribution is 0.0951. The lowest BCUT2D eigenvalue weighted by Crippen LogP contribution is -2.29. The first-order valence-electron chi connectivity index (χ1n) is 9.50.